The number of guanidine groups is 1. The summed E-state index contributed by atoms with van der Waals surface area (Å²) < 4.78 is 0. The van der Waals surface area contributed by atoms with E-state index >= 15 is 0 Å². The molecule has 2 N–H and O–H groups in total. The largest absolute Gasteiger partial charge is 0.335 e. The Balaban J connectivity index is 1.49. The molecule has 0 spiro atoms. The third kappa shape index (κ3) is 3.15. The minimum Gasteiger partial charge on any atom is -0.335 e. The van der Waals surface area contributed by atoms with Crippen molar-refractivity contribution in [2.75, 3.05) is 12.4 Å². The van der Waals surface area contributed by atoms with E-state index in [1.807, 2.05) is 48.3 Å². The van der Waals surface area contributed by atoms with Crippen molar-refractivity contribution in [3.8, 4) is 0 Å². The van der Waals surface area contributed by atoms with Crippen molar-refractivity contribution >= 4 is 34.6 Å². The average molecular weight is 390 g/mol. The van der Waals surface area contributed by atoms with Crippen LogP contribution in [0.5, 0.6) is 0 Å². The molecule has 4 aromatic carbocycles. The van der Waals surface area contributed by atoms with Crippen LogP contribution in [0.1, 0.15) is 28.3 Å². The fourth-order valence-electron chi connectivity index (χ4n) is 4.28. The predicted molar refractivity (Wildman–Crippen MR) is 127 cm³/mol. The quantitative estimate of drug-likeness (QED) is 0.276. The lowest BCUT2D eigenvalue weighted by Crippen LogP contribution is -2.36. The molecular formula is C27H23N3. The molecule has 30 heavy (non-hydrogen) atoms. The number of rotatable bonds is 4. The Morgan fingerprint density at radius 3 is 1.97 bits per heavy atom. The van der Waals surface area contributed by atoms with Crippen LogP contribution < -0.4 is 5.32 Å². The van der Waals surface area contributed by atoms with Crippen molar-refractivity contribution in [1.82, 2.24) is 4.90 Å². The number of hydrogen-bond acceptors (Lipinski definition) is 1. The first-order valence-corrected chi connectivity index (χ1v) is 10.1. The van der Waals surface area contributed by atoms with E-state index in [-0.39, 0.29) is 6.04 Å². The van der Waals surface area contributed by atoms with Gasteiger partial charge in [0.2, 0.25) is 0 Å². The number of anilines is 1. The van der Waals surface area contributed by atoms with Crippen LogP contribution in [0, 0.1) is 5.41 Å². The Bertz CT molecular complexity index is 1190. The van der Waals surface area contributed by atoms with Gasteiger partial charge in [0.15, 0.2) is 5.96 Å². The lowest BCUT2D eigenvalue weighted by molar-refractivity contribution is 0.424. The van der Waals surface area contributed by atoms with Gasteiger partial charge in [-0.2, -0.15) is 0 Å². The maximum atomic E-state index is 8.86. The normalized spacial score (nSPS) is 11.8. The van der Waals surface area contributed by atoms with Crippen molar-refractivity contribution in [3.05, 3.63) is 113 Å². The molecule has 0 heterocycles. The first kappa shape index (κ1) is 18.2. The van der Waals surface area contributed by atoms with Gasteiger partial charge < -0.3 is 10.2 Å². The molecule has 0 aliphatic heterocycles. The minimum atomic E-state index is -0.0501. The molecule has 1 aliphatic carbocycles. The molecule has 0 atom stereocenters. The Hall–Kier alpha value is -3.85. The summed E-state index contributed by atoms with van der Waals surface area (Å²) in [5.74, 6) is 0.361. The van der Waals surface area contributed by atoms with Gasteiger partial charge in [0.1, 0.15) is 0 Å². The van der Waals surface area contributed by atoms with E-state index in [2.05, 4.69) is 72.1 Å². The highest BCUT2D eigenvalue weighted by Gasteiger charge is 2.22. The highest BCUT2D eigenvalue weighted by Crippen LogP contribution is 2.36. The number of hydrogen-bond donors (Lipinski definition) is 2. The van der Waals surface area contributed by atoms with Crippen molar-refractivity contribution < 1.29 is 0 Å². The lowest BCUT2D eigenvalue weighted by atomic mass is 9.97. The second kappa shape index (κ2) is 7.53. The Morgan fingerprint density at radius 2 is 1.33 bits per heavy atom. The summed E-state index contributed by atoms with van der Waals surface area (Å²) in [6.45, 7) is 0. The molecule has 5 rings (SSSR count). The monoisotopic (exact) mass is 389 g/mol. The van der Waals surface area contributed by atoms with Gasteiger partial charge in [-0.05, 0) is 33.7 Å². The van der Waals surface area contributed by atoms with E-state index in [4.69, 9.17) is 5.41 Å². The Kier molecular flexibility index (Phi) is 4.56. The molecule has 0 radical (unpaired) electrons. The van der Waals surface area contributed by atoms with Gasteiger partial charge in [-0.3, -0.25) is 5.41 Å². The standard InChI is InChI=1S/C27H23N3/c1-30(26(21-9-4-2-5-10-21)22-11-6-3-7-12-22)27(28)29-24-18-17-20-16-15-19-13-8-14-23(24)25(19)20/h2-18,26H,1H3,(H2,28,29). The van der Waals surface area contributed by atoms with E-state index < -0.39 is 0 Å². The van der Waals surface area contributed by atoms with Gasteiger partial charge in [-0.1, -0.05) is 97.1 Å². The average Bonchev–Trinajstić information content (AvgIpc) is 3.22. The zero-order valence-corrected chi connectivity index (χ0v) is 16.8. The molecule has 3 heteroatoms. The van der Waals surface area contributed by atoms with Crippen LogP contribution in [-0.2, 0) is 0 Å². The zero-order chi connectivity index (χ0) is 20.5. The highest BCUT2D eigenvalue weighted by atomic mass is 15.3. The molecule has 0 fully saturated rings. The van der Waals surface area contributed by atoms with Crippen molar-refractivity contribution in [2.24, 2.45) is 0 Å². The molecule has 0 amide bonds. The Labute approximate surface area is 176 Å². The summed E-state index contributed by atoms with van der Waals surface area (Å²) in [6.07, 6.45) is 4.31. The van der Waals surface area contributed by atoms with E-state index in [1.54, 1.807) is 0 Å². The zero-order valence-electron chi connectivity index (χ0n) is 16.8. The van der Waals surface area contributed by atoms with Crippen LogP contribution in [0.3, 0.4) is 0 Å². The van der Waals surface area contributed by atoms with E-state index in [0.29, 0.717) is 5.96 Å². The third-order valence-corrected chi connectivity index (χ3v) is 5.77. The third-order valence-electron chi connectivity index (χ3n) is 5.77. The molecule has 0 unspecified atom stereocenters. The van der Waals surface area contributed by atoms with Crippen molar-refractivity contribution in [3.63, 3.8) is 0 Å². The lowest BCUT2D eigenvalue weighted by Gasteiger charge is -2.31. The van der Waals surface area contributed by atoms with Gasteiger partial charge >= 0.3 is 0 Å². The number of nitrogens with zero attached hydrogens (tertiary/aromatic N) is 1. The van der Waals surface area contributed by atoms with Gasteiger partial charge in [-0.15, -0.1) is 0 Å². The summed E-state index contributed by atoms with van der Waals surface area (Å²) >= 11 is 0. The van der Waals surface area contributed by atoms with Gasteiger partial charge in [0.25, 0.3) is 0 Å². The van der Waals surface area contributed by atoms with Crippen LogP contribution in [0.4, 0.5) is 5.69 Å². The molecule has 4 aromatic rings. The molecule has 1 aliphatic rings. The first-order valence-electron chi connectivity index (χ1n) is 10.1. The molecule has 3 nitrogen and oxygen atoms in total. The summed E-state index contributed by atoms with van der Waals surface area (Å²) in [5, 5.41) is 14.6. The maximum absolute atomic E-state index is 8.86. The number of nitrogens with one attached hydrogen (secondary N) is 2. The topological polar surface area (TPSA) is 39.1 Å². The van der Waals surface area contributed by atoms with Crippen LogP contribution in [0.15, 0.2) is 91.0 Å². The minimum absolute atomic E-state index is 0.0501. The molecular weight excluding hydrogens is 366 g/mol. The van der Waals surface area contributed by atoms with Gasteiger partial charge in [-0.25, -0.2) is 0 Å². The number of benzene rings is 4. The highest BCUT2D eigenvalue weighted by molar-refractivity contribution is 6.11. The van der Waals surface area contributed by atoms with Crippen LogP contribution in [-0.4, -0.2) is 17.9 Å². The second-order valence-electron chi connectivity index (χ2n) is 7.61. The summed E-state index contributed by atoms with van der Waals surface area (Å²) in [4.78, 5) is 1.99. The Morgan fingerprint density at radius 1 is 0.733 bits per heavy atom. The predicted octanol–water partition coefficient (Wildman–Crippen LogP) is 6.39. The molecule has 0 saturated heterocycles. The van der Waals surface area contributed by atoms with Crippen LogP contribution in [0.2, 0.25) is 0 Å². The van der Waals surface area contributed by atoms with Crippen LogP contribution in [0.25, 0.3) is 22.9 Å². The summed E-state index contributed by atoms with van der Waals surface area (Å²) in [6, 6.07) is 31.2. The van der Waals surface area contributed by atoms with E-state index in [0.717, 1.165) is 22.2 Å². The van der Waals surface area contributed by atoms with Crippen molar-refractivity contribution in [1.29, 1.82) is 5.41 Å². The fraction of sp³-hybridized carbons (Fsp3) is 0.0741. The molecule has 0 aromatic heterocycles. The molecule has 146 valence electrons. The summed E-state index contributed by atoms with van der Waals surface area (Å²) in [7, 11) is 1.97. The van der Waals surface area contributed by atoms with E-state index in [1.165, 1.54) is 16.5 Å². The smallest absolute Gasteiger partial charge is 0.196 e. The van der Waals surface area contributed by atoms with Gasteiger partial charge in [0, 0.05) is 18.1 Å². The second-order valence-corrected chi connectivity index (χ2v) is 7.61. The van der Waals surface area contributed by atoms with Gasteiger partial charge in [0.05, 0.1) is 6.04 Å². The maximum Gasteiger partial charge on any atom is 0.196 e. The van der Waals surface area contributed by atoms with Crippen LogP contribution >= 0.6 is 0 Å². The fourth-order valence-corrected chi connectivity index (χ4v) is 4.28. The first-order chi connectivity index (χ1) is 14.7. The molecule has 0 saturated carbocycles. The SMILES string of the molecule is CN(C(=N)Nc1ccc2c3c(cccc13)C=C2)C(c1ccccc1)c1ccccc1. The van der Waals surface area contributed by atoms with Crippen molar-refractivity contribution in [2.45, 2.75) is 6.04 Å². The molecule has 0 bridgehead atoms. The summed E-state index contributed by atoms with van der Waals surface area (Å²) in [5.41, 5.74) is 5.73. The van der Waals surface area contributed by atoms with E-state index in [9.17, 15) is 0 Å².